The monoisotopic (exact) mass is 382 g/mol. The van der Waals surface area contributed by atoms with Crippen molar-refractivity contribution in [2.45, 2.75) is 6.61 Å². The zero-order valence-electron chi connectivity index (χ0n) is 12.5. The van der Waals surface area contributed by atoms with Crippen molar-refractivity contribution in [1.29, 1.82) is 5.26 Å². The first kappa shape index (κ1) is 18.7. The zero-order valence-corrected chi connectivity index (χ0v) is 14.0. The number of anilines is 1. The van der Waals surface area contributed by atoms with Crippen LogP contribution in [0.1, 0.15) is 5.56 Å². The summed E-state index contributed by atoms with van der Waals surface area (Å²) in [5, 5.41) is 12.0. The Kier molecular flexibility index (Phi) is 6.34. The molecule has 0 fully saturated rings. The van der Waals surface area contributed by atoms with Gasteiger partial charge in [-0.15, -0.1) is 0 Å². The molecule has 2 aromatic rings. The Bertz CT molecular complexity index is 864. The maximum atomic E-state index is 12.4. The fourth-order valence-corrected chi connectivity index (χ4v) is 2.24. The van der Waals surface area contributed by atoms with Gasteiger partial charge in [-0.25, -0.2) is 0 Å². The van der Waals surface area contributed by atoms with E-state index in [1.807, 2.05) is 0 Å². The fraction of sp³-hybridized carbons (Fsp3) is 0.0588. The summed E-state index contributed by atoms with van der Waals surface area (Å²) in [5.41, 5.74) is 0.0606. The molecular formula is C17H10Cl2F2N2O2. The van der Waals surface area contributed by atoms with E-state index < -0.39 is 12.5 Å². The first-order valence-corrected chi connectivity index (χ1v) is 7.59. The van der Waals surface area contributed by atoms with E-state index in [2.05, 4.69) is 10.1 Å². The Balaban J connectivity index is 2.30. The number of para-hydroxylation sites is 1. The summed E-state index contributed by atoms with van der Waals surface area (Å²) in [6, 6.07) is 12.1. The molecule has 0 aliphatic heterocycles. The van der Waals surface area contributed by atoms with Crippen molar-refractivity contribution in [2.24, 2.45) is 0 Å². The van der Waals surface area contributed by atoms with Gasteiger partial charge in [-0.05, 0) is 24.3 Å². The van der Waals surface area contributed by atoms with E-state index in [0.29, 0.717) is 0 Å². The van der Waals surface area contributed by atoms with E-state index >= 15 is 0 Å². The van der Waals surface area contributed by atoms with E-state index in [9.17, 15) is 18.8 Å². The molecule has 0 aliphatic rings. The maximum absolute atomic E-state index is 12.4. The molecule has 0 saturated heterocycles. The Labute approximate surface area is 152 Å². The Morgan fingerprint density at radius 3 is 2.60 bits per heavy atom. The van der Waals surface area contributed by atoms with E-state index in [-0.39, 0.29) is 32.6 Å². The van der Waals surface area contributed by atoms with Crippen molar-refractivity contribution in [3.63, 3.8) is 0 Å². The minimum absolute atomic E-state index is 0.122. The molecule has 0 heterocycles. The van der Waals surface area contributed by atoms with Gasteiger partial charge in [0.1, 0.15) is 17.4 Å². The second-order valence-corrected chi connectivity index (χ2v) is 5.43. The minimum Gasteiger partial charge on any atom is -0.434 e. The second kappa shape index (κ2) is 8.47. The lowest BCUT2D eigenvalue weighted by Gasteiger charge is -2.09. The van der Waals surface area contributed by atoms with Gasteiger partial charge in [0.05, 0.1) is 15.7 Å². The fourth-order valence-electron chi connectivity index (χ4n) is 1.90. The number of carbonyl (C=O) groups is 1. The summed E-state index contributed by atoms with van der Waals surface area (Å²) < 4.78 is 29.2. The van der Waals surface area contributed by atoms with Crippen LogP contribution in [0, 0.1) is 11.3 Å². The van der Waals surface area contributed by atoms with Gasteiger partial charge in [-0.1, -0.05) is 47.5 Å². The van der Waals surface area contributed by atoms with Crippen LogP contribution in [-0.4, -0.2) is 12.5 Å². The molecule has 0 saturated carbocycles. The van der Waals surface area contributed by atoms with Crippen LogP contribution in [0.3, 0.4) is 0 Å². The molecule has 128 valence electrons. The number of ether oxygens (including phenoxy) is 1. The number of hydrogen-bond donors (Lipinski definition) is 1. The summed E-state index contributed by atoms with van der Waals surface area (Å²) >= 11 is 11.8. The van der Waals surface area contributed by atoms with Gasteiger partial charge in [-0.3, -0.25) is 4.79 Å². The number of halogens is 4. The van der Waals surface area contributed by atoms with Gasteiger partial charge in [0.2, 0.25) is 0 Å². The van der Waals surface area contributed by atoms with Crippen LogP contribution >= 0.6 is 23.2 Å². The number of alkyl halides is 2. The highest BCUT2D eigenvalue weighted by molar-refractivity contribution is 6.44. The van der Waals surface area contributed by atoms with E-state index in [1.165, 1.54) is 24.3 Å². The van der Waals surface area contributed by atoms with Crippen LogP contribution in [0.2, 0.25) is 10.0 Å². The van der Waals surface area contributed by atoms with Crippen molar-refractivity contribution in [3.8, 4) is 11.8 Å². The smallest absolute Gasteiger partial charge is 0.387 e. The molecule has 2 rings (SSSR count). The van der Waals surface area contributed by atoms with Crippen molar-refractivity contribution < 1.29 is 18.3 Å². The molecule has 1 amide bonds. The zero-order chi connectivity index (χ0) is 18.4. The topological polar surface area (TPSA) is 62.1 Å². The third-order valence-corrected chi connectivity index (χ3v) is 3.82. The average molecular weight is 383 g/mol. The Morgan fingerprint density at radius 1 is 1.20 bits per heavy atom. The first-order valence-electron chi connectivity index (χ1n) is 6.83. The molecule has 0 bridgehead atoms. The lowest BCUT2D eigenvalue weighted by Crippen LogP contribution is -2.14. The third kappa shape index (κ3) is 4.92. The lowest BCUT2D eigenvalue weighted by molar-refractivity contribution is -0.112. The molecule has 4 nitrogen and oxygen atoms in total. The molecule has 8 heteroatoms. The summed E-state index contributed by atoms with van der Waals surface area (Å²) in [4.78, 5) is 12.3. The van der Waals surface area contributed by atoms with Gasteiger partial charge in [-0.2, -0.15) is 14.0 Å². The Morgan fingerprint density at radius 2 is 1.92 bits per heavy atom. The summed E-state index contributed by atoms with van der Waals surface area (Å²) in [6.07, 6.45) is 1.14. The number of benzene rings is 2. The molecule has 0 aromatic heterocycles. The van der Waals surface area contributed by atoms with E-state index in [1.54, 1.807) is 24.3 Å². The molecule has 0 radical (unpaired) electrons. The molecule has 0 unspecified atom stereocenters. The largest absolute Gasteiger partial charge is 0.434 e. The third-order valence-electron chi connectivity index (χ3n) is 3.00. The van der Waals surface area contributed by atoms with Crippen LogP contribution < -0.4 is 10.1 Å². The van der Waals surface area contributed by atoms with E-state index in [4.69, 9.17) is 23.2 Å². The van der Waals surface area contributed by atoms with Crippen LogP contribution in [-0.2, 0) is 4.79 Å². The van der Waals surface area contributed by atoms with Crippen LogP contribution in [0.5, 0.6) is 5.75 Å². The number of rotatable bonds is 5. The van der Waals surface area contributed by atoms with Crippen LogP contribution in [0.4, 0.5) is 14.5 Å². The maximum Gasteiger partial charge on any atom is 0.387 e. The standard InChI is InChI=1S/C17H10Cl2F2N2O2/c18-12-5-3-6-13(15(12)19)23-16(24)11(9-22)8-10-4-1-2-7-14(10)25-17(20)21/h1-8,17H,(H,23,24)/b11-8+. The number of nitrogens with one attached hydrogen (secondary N) is 1. The van der Waals surface area contributed by atoms with Gasteiger partial charge < -0.3 is 10.1 Å². The normalized spacial score (nSPS) is 11.1. The molecule has 0 spiro atoms. The molecule has 0 aliphatic carbocycles. The Hall–Kier alpha value is -2.62. The highest BCUT2D eigenvalue weighted by Gasteiger charge is 2.14. The van der Waals surface area contributed by atoms with E-state index in [0.717, 1.165) is 6.08 Å². The molecule has 2 aromatic carbocycles. The molecule has 0 atom stereocenters. The number of nitrogens with zero attached hydrogens (tertiary/aromatic N) is 1. The van der Waals surface area contributed by atoms with Crippen molar-refractivity contribution in [1.82, 2.24) is 0 Å². The van der Waals surface area contributed by atoms with Gasteiger partial charge in [0.15, 0.2) is 0 Å². The predicted octanol–water partition coefficient (Wildman–Crippen LogP) is 5.14. The highest BCUT2D eigenvalue weighted by Crippen LogP contribution is 2.30. The first-order chi connectivity index (χ1) is 11.9. The predicted molar refractivity (Wildman–Crippen MR) is 91.8 cm³/mol. The lowest BCUT2D eigenvalue weighted by atomic mass is 10.1. The quantitative estimate of drug-likeness (QED) is 0.575. The summed E-state index contributed by atoms with van der Waals surface area (Å²) in [6.45, 7) is -3.03. The number of nitriles is 1. The minimum atomic E-state index is -3.03. The average Bonchev–Trinajstić information content (AvgIpc) is 2.57. The van der Waals surface area contributed by atoms with Gasteiger partial charge in [0.25, 0.3) is 5.91 Å². The second-order valence-electron chi connectivity index (χ2n) is 4.64. The highest BCUT2D eigenvalue weighted by atomic mass is 35.5. The number of hydrogen-bond acceptors (Lipinski definition) is 3. The van der Waals surface area contributed by atoms with Gasteiger partial charge in [0, 0.05) is 5.56 Å². The number of amides is 1. The van der Waals surface area contributed by atoms with Crippen molar-refractivity contribution in [2.75, 3.05) is 5.32 Å². The number of carbonyl (C=O) groups excluding carboxylic acids is 1. The molecule has 1 N–H and O–H groups in total. The van der Waals surface area contributed by atoms with Crippen LogP contribution in [0.25, 0.3) is 6.08 Å². The van der Waals surface area contributed by atoms with Crippen molar-refractivity contribution >= 4 is 40.9 Å². The molecule has 25 heavy (non-hydrogen) atoms. The molecular weight excluding hydrogens is 373 g/mol. The summed E-state index contributed by atoms with van der Waals surface area (Å²) in [7, 11) is 0. The van der Waals surface area contributed by atoms with Crippen molar-refractivity contribution in [3.05, 3.63) is 63.6 Å². The SMILES string of the molecule is N#C/C(=C\c1ccccc1OC(F)F)C(=O)Nc1cccc(Cl)c1Cl. The van der Waals surface area contributed by atoms with Crippen LogP contribution in [0.15, 0.2) is 48.0 Å². The summed E-state index contributed by atoms with van der Waals surface area (Å²) in [5.74, 6) is -0.919. The van der Waals surface area contributed by atoms with Gasteiger partial charge >= 0.3 is 6.61 Å².